The Hall–Kier alpha value is -1.87. The number of nitrogens with zero attached hydrogens (tertiary/aromatic N) is 3. The average molecular weight is 550 g/mol. The molecule has 9 heteroatoms. The van der Waals surface area contributed by atoms with Gasteiger partial charge in [0.1, 0.15) is 0 Å². The van der Waals surface area contributed by atoms with Crippen molar-refractivity contribution in [3.05, 3.63) is 69.5 Å². The number of rotatable bonds is 9. The van der Waals surface area contributed by atoms with E-state index in [2.05, 4.69) is 42.4 Å². The van der Waals surface area contributed by atoms with Gasteiger partial charge in [0.05, 0.1) is 6.54 Å². The second-order valence-corrected chi connectivity index (χ2v) is 10.5. The maximum absolute atomic E-state index is 12.5. The molecule has 0 radical (unpaired) electrons. The second-order valence-electron chi connectivity index (χ2n) is 8.05. The van der Waals surface area contributed by atoms with E-state index < -0.39 is 0 Å². The first-order chi connectivity index (χ1) is 16.1. The number of piperidine rings is 1. The molecule has 0 atom stereocenters. The lowest BCUT2D eigenvalue weighted by molar-refractivity contribution is -0.126. The van der Waals surface area contributed by atoms with Crippen LogP contribution in [-0.4, -0.2) is 46.3 Å². The predicted octanol–water partition coefficient (Wildman–Crippen LogP) is 5.41. The highest BCUT2D eigenvalue weighted by molar-refractivity contribution is 9.10. The average Bonchev–Trinajstić information content (AvgIpc) is 3.28. The summed E-state index contributed by atoms with van der Waals surface area (Å²) in [6.45, 7) is 2.98. The molecule has 0 bridgehead atoms. The molecule has 0 saturated carbocycles. The van der Waals surface area contributed by atoms with Gasteiger partial charge in [-0.3, -0.25) is 9.69 Å². The quantitative estimate of drug-likeness (QED) is 0.360. The molecule has 174 valence electrons. The van der Waals surface area contributed by atoms with E-state index in [4.69, 9.17) is 16.1 Å². The van der Waals surface area contributed by atoms with Gasteiger partial charge in [-0.25, -0.2) is 0 Å². The summed E-state index contributed by atoms with van der Waals surface area (Å²) in [5, 5.41) is 7.95. The third-order valence-corrected chi connectivity index (χ3v) is 7.33. The smallest absolute Gasteiger partial charge is 0.241 e. The molecule has 1 aliphatic heterocycles. The lowest BCUT2D eigenvalue weighted by Gasteiger charge is -2.30. The van der Waals surface area contributed by atoms with E-state index >= 15 is 0 Å². The summed E-state index contributed by atoms with van der Waals surface area (Å²) in [5.74, 6) is 3.20. The standard InChI is InChI=1S/C24H26BrClN4O2S/c25-20-5-2-4-19(14-20)23-28-22(32-29-23)15-30-10-7-18(8-11-30)24(31)27-9-12-33-16-17-3-1-6-21(26)13-17/h1-6,13-14,18H,7-12,15-16H2,(H,27,31). The van der Waals surface area contributed by atoms with Crippen LogP contribution in [0.5, 0.6) is 0 Å². The highest BCUT2D eigenvalue weighted by Crippen LogP contribution is 2.23. The topological polar surface area (TPSA) is 71.3 Å². The number of carbonyl (C=O) groups is 1. The molecular formula is C24H26BrClN4O2S. The summed E-state index contributed by atoms with van der Waals surface area (Å²) in [4.78, 5) is 19.3. The largest absolute Gasteiger partial charge is 0.355 e. The molecule has 1 amide bonds. The molecule has 3 aromatic rings. The van der Waals surface area contributed by atoms with E-state index in [0.29, 0.717) is 24.8 Å². The van der Waals surface area contributed by atoms with Gasteiger partial charge in [-0.1, -0.05) is 57.0 Å². The first-order valence-corrected chi connectivity index (χ1v) is 13.3. The summed E-state index contributed by atoms with van der Waals surface area (Å²) >= 11 is 11.3. The van der Waals surface area contributed by atoms with Crippen molar-refractivity contribution in [3.8, 4) is 11.4 Å². The van der Waals surface area contributed by atoms with Gasteiger partial charge < -0.3 is 9.84 Å². The molecule has 1 N–H and O–H groups in total. The zero-order chi connectivity index (χ0) is 23.0. The lowest BCUT2D eigenvalue weighted by Crippen LogP contribution is -2.40. The molecule has 1 aliphatic rings. The van der Waals surface area contributed by atoms with Gasteiger partial charge in [-0.2, -0.15) is 16.7 Å². The van der Waals surface area contributed by atoms with Crippen LogP contribution in [0.3, 0.4) is 0 Å². The van der Waals surface area contributed by atoms with Crippen LogP contribution >= 0.6 is 39.3 Å². The summed E-state index contributed by atoms with van der Waals surface area (Å²) in [6.07, 6.45) is 1.68. The number of aromatic nitrogens is 2. The molecule has 6 nitrogen and oxygen atoms in total. The van der Waals surface area contributed by atoms with Crippen LogP contribution in [-0.2, 0) is 17.1 Å². The monoisotopic (exact) mass is 548 g/mol. The number of halogens is 2. The molecular weight excluding hydrogens is 524 g/mol. The van der Waals surface area contributed by atoms with Crippen LogP contribution in [0.15, 0.2) is 57.5 Å². The highest BCUT2D eigenvalue weighted by atomic mass is 79.9. The van der Waals surface area contributed by atoms with Crippen molar-refractivity contribution in [3.63, 3.8) is 0 Å². The molecule has 0 spiro atoms. The fourth-order valence-electron chi connectivity index (χ4n) is 3.82. The van der Waals surface area contributed by atoms with Crippen LogP contribution in [0.25, 0.3) is 11.4 Å². The zero-order valence-electron chi connectivity index (χ0n) is 18.2. The van der Waals surface area contributed by atoms with Crippen LogP contribution < -0.4 is 5.32 Å². The Morgan fingerprint density at radius 1 is 1.21 bits per heavy atom. The normalized spacial score (nSPS) is 15.0. The van der Waals surface area contributed by atoms with Crippen molar-refractivity contribution in [2.24, 2.45) is 5.92 Å². The molecule has 1 fully saturated rings. The Balaban J connectivity index is 1.14. The summed E-state index contributed by atoms with van der Waals surface area (Å²) in [7, 11) is 0. The lowest BCUT2D eigenvalue weighted by atomic mass is 9.96. The van der Waals surface area contributed by atoms with E-state index in [1.54, 1.807) is 11.8 Å². The molecule has 4 rings (SSSR count). The predicted molar refractivity (Wildman–Crippen MR) is 136 cm³/mol. The zero-order valence-corrected chi connectivity index (χ0v) is 21.3. The number of hydrogen-bond acceptors (Lipinski definition) is 6. The minimum absolute atomic E-state index is 0.0686. The van der Waals surface area contributed by atoms with Gasteiger partial charge in [0.25, 0.3) is 0 Å². The van der Waals surface area contributed by atoms with Gasteiger partial charge in [0.15, 0.2) is 0 Å². The Kier molecular flexibility index (Phi) is 8.83. The van der Waals surface area contributed by atoms with Crippen LogP contribution in [0, 0.1) is 5.92 Å². The third-order valence-electron chi connectivity index (χ3n) is 5.57. The van der Waals surface area contributed by atoms with E-state index in [9.17, 15) is 4.79 Å². The first-order valence-electron chi connectivity index (χ1n) is 11.0. The van der Waals surface area contributed by atoms with Gasteiger partial charge in [-0.15, -0.1) is 0 Å². The fraction of sp³-hybridized carbons (Fsp3) is 0.375. The molecule has 0 unspecified atom stereocenters. The molecule has 2 heterocycles. The highest BCUT2D eigenvalue weighted by Gasteiger charge is 2.25. The number of amides is 1. The Labute approximate surface area is 211 Å². The Bertz CT molecular complexity index is 1070. The Morgan fingerprint density at radius 2 is 2.03 bits per heavy atom. The molecule has 1 saturated heterocycles. The van der Waals surface area contributed by atoms with E-state index in [1.807, 2.05) is 42.5 Å². The van der Waals surface area contributed by atoms with Gasteiger partial charge in [-0.05, 0) is 55.8 Å². The maximum Gasteiger partial charge on any atom is 0.241 e. The minimum Gasteiger partial charge on any atom is -0.355 e. The van der Waals surface area contributed by atoms with Crippen LogP contribution in [0.4, 0.5) is 0 Å². The fourth-order valence-corrected chi connectivity index (χ4v) is 5.23. The van der Waals surface area contributed by atoms with Crippen molar-refractivity contribution in [1.29, 1.82) is 0 Å². The first kappa shape index (κ1) is 24.3. The number of thioether (sulfide) groups is 1. The van der Waals surface area contributed by atoms with Crippen molar-refractivity contribution in [1.82, 2.24) is 20.4 Å². The van der Waals surface area contributed by atoms with Crippen molar-refractivity contribution < 1.29 is 9.32 Å². The molecule has 33 heavy (non-hydrogen) atoms. The van der Waals surface area contributed by atoms with Gasteiger partial charge in [0, 0.05) is 39.0 Å². The summed E-state index contributed by atoms with van der Waals surface area (Å²) in [6, 6.07) is 15.7. The third kappa shape index (κ3) is 7.30. The van der Waals surface area contributed by atoms with Crippen molar-refractivity contribution in [2.75, 3.05) is 25.4 Å². The van der Waals surface area contributed by atoms with Gasteiger partial charge in [0.2, 0.25) is 17.6 Å². The number of hydrogen-bond donors (Lipinski definition) is 1. The number of nitrogens with one attached hydrogen (secondary N) is 1. The number of likely N-dealkylation sites (tertiary alicyclic amines) is 1. The molecule has 0 aliphatic carbocycles. The van der Waals surface area contributed by atoms with Crippen LogP contribution in [0.2, 0.25) is 5.02 Å². The van der Waals surface area contributed by atoms with Gasteiger partial charge >= 0.3 is 0 Å². The van der Waals surface area contributed by atoms with Crippen molar-refractivity contribution in [2.45, 2.75) is 25.1 Å². The molecule has 1 aromatic heterocycles. The molecule has 2 aromatic carbocycles. The number of benzene rings is 2. The second kappa shape index (κ2) is 12.0. The minimum atomic E-state index is 0.0686. The summed E-state index contributed by atoms with van der Waals surface area (Å²) in [5.41, 5.74) is 2.12. The SMILES string of the molecule is O=C(NCCSCc1cccc(Cl)c1)C1CCN(Cc2nc(-c3cccc(Br)c3)no2)CC1. The van der Waals surface area contributed by atoms with E-state index in [-0.39, 0.29) is 11.8 Å². The maximum atomic E-state index is 12.5. The van der Waals surface area contributed by atoms with E-state index in [1.165, 1.54) is 5.56 Å². The summed E-state index contributed by atoms with van der Waals surface area (Å²) < 4.78 is 6.42. The van der Waals surface area contributed by atoms with Crippen molar-refractivity contribution >= 4 is 45.2 Å². The number of carbonyl (C=O) groups excluding carboxylic acids is 1. The van der Waals surface area contributed by atoms with Crippen LogP contribution in [0.1, 0.15) is 24.3 Å². The van der Waals surface area contributed by atoms with E-state index in [0.717, 1.165) is 52.5 Å². The Morgan fingerprint density at radius 3 is 2.82 bits per heavy atom.